The molecule has 0 bridgehead atoms. The first-order valence-corrected chi connectivity index (χ1v) is 11.0. The molecule has 30 heavy (non-hydrogen) atoms. The van der Waals surface area contributed by atoms with E-state index in [4.69, 9.17) is 0 Å². The molecule has 0 radical (unpaired) electrons. The first-order valence-electron chi connectivity index (χ1n) is 11.0. The molecule has 0 spiro atoms. The summed E-state index contributed by atoms with van der Waals surface area (Å²) in [4.78, 5) is 39.6. The standard InChI is InChI=1S/C21H33N7O2/c1-4-9-26(10-5-2)19(29)7-6-8-20(30)27-13-11-25(12-14-27)18-15-17(3)24-21-22-16-23-28(18)21/h15-16H,4-14H2,1-3H3. The van der Waals surface area contributed by atoms with E-state index in [1.54, 1.807) is 4.52 Å². The van der Waals surface area contributed by atoms with Gasteiger partial charge >= 0.3 is 0 Å². The summed E-state index contributed by atoms with van der Waals surface area (Å²) in [5, 5.41) is 4.27. The van der Waals surface area contributed by atoms with E-state index in [1.807, 2.05) is 22.8 Å². The van der Waals surface area contributed by atoms with Gasteiger partial charge in [-0.3, -0.25) is 9.59 Å². The highest BCUT2D eigenvalue weighted by molar-refractivity contribution is 5.79. The van der Waals surface area contributed by atoms with Crippen LogP contribution in [0.5, 0.6) is 0 Å². The van der Waals surface area contributed by atoms with Crippen molar-refractivity contribution in [3.63, 3.8) is 0 Å². The molecule has 0 saturated carbocycles. The fourth-order valence-electron chi connectivity index (χ4n) is 3.93. The first-order chi connectivity index (χ1) is 14.5. The van der Waals surface area contributed by atoms with Crippen LogP contribution in [-0.2, 0) is 9.59 Å². The lowest BCUT2D eigenvalue weighted by Gasteiger charge is -2.36. The van der Waals surface area contributed by atoms with Gasteiger partial charge in [-0.1, -0.05) is 13.8 Å². The van der Waals surface area contributed by atoms with Gasteiger partial charge in [0.1, 0.15) is 12.1 Å². The highest BCUT2D eigenvalue weighted by Gasteiger charge is 2.23. The Labute approximate surface area is 178 Å². The number of carbonyl (C=O) groups is 2. The van der Waals surface area contributed by atoms with Crippen molar-refractivity contribution in [2.75, 3.05) is 44.2 Å². The zero-order valence-electron chi connectivity index (χ0n) is 18.4. The Morgan fingerprint density at radius 3 is 2.43 bits per heavy atom. The zero-order chi connectivity index (χ0) is 21.5. The molecule has 0 atom stereocenters. The van der Waals surface area contributed by atoms with Gasteiger partial charge in [-0.2, -0.15) is 14.6 Å². The van der Waals surface area contributed by atoms with Crippen molar-refractivity contribution in [3.05, 3.63) is 18.1 Å². The number of nitrogens with zero attached hydrogens (tertiary/aromatic N) is 7. The van der Waals surface area contributed by atoms with Gasteiger partial charge in [-0.05, 0) is 26.2 Å². The summed E-state index contributed by atoms with van der Waals surface area (Å²) < 4.78 is 1.74. The molecule has 1 saturated heterocycles. The summed E-state index contributed by atoms with van der Waals surface area (Å²) in [5.74, 6) is 1.85. The predicted molar refractivity (Wildman–Crippen MR) is 115 cm³/mol. The van der Waals surface area contributed by atoms with Crippen LogP contribution in [0.1, 0.15) is 51.6 Å². The minimum Gasteiger partial charge on any atom is -0.353 e. The van der Waals surface area contributed by atoms with E-state index >= 15 is 0 Å². The minimum absolute atomic E-state index is 0.136. The molecule has 9 nitrogen and oxygen atoms in total. The van der Waals surface area contributed by atoms with E-state index in [-0.39, 0.29) is 11.8 Å². The van der Waals surface area contributed by atoms with Crippen molar-refractivity contribution in [2.45, 2.75) is 52.9 Å². The molecule has 2 amide bonds. The molecule has 1 fully saturated rings. The van der Waals surface area contributed by atoms with Crippen molar-refractivity contribution in [3.8, 4) is 0 Å². The number of hydrogen-bond acceptors (Lipinski definition) is 6. The molecule has 1 aliphatic heterocycles. The van der Waals surface area contributed by atoms with E-state index in [0.29, 0.717) is 38.1 Å². The normalized spacial score (nSPS) is 14.4. The Morgan fingerprint density at radius 1 is 1.07 bits per heavy atom. The van der Waals surface area contributed by atoms with Gasteiger partial charge < -0.3 is 14.7 Å². The van der Waals surface area contributed by atoms with Gasteiger partial charge in [-0.25, -0.2) is 4.98 Å². The Bertz CT molecular complexity index is 852. The number of carbonyl (C=O) groups excluding carboxylic acids is 2. The fraction of sp³-hybridized carbons (Fsp3) is 0.667. The summed E-state index contributed by atoms with van der Waals surface area (Å²) in [6.45, 7) is 10.5. The third kappa shape index (κ3) is 5.25. The molecule has 164 valence electrons. The lowest BCUT2D eigenvalue weighted by atomic mass is 10.1. The highest BCUT2D eigenvalue weighted by atomic mass is 16.2. The fourth-order valence-corrected chi connectivity index (χ4v) is 3.93. The number of aromatic nitrogens is 4. The zero-order valence-corrected chi connectivity index (χ0v) is 18.4. The molecule has 2 aromatic heterocycles. The number of rotatable bonds is 9. The Balaban J connectivity index is 1.47. The second-order valence-corrected chi connectivity index (χ2v) is 7.83. The molecular formula is C21H33N7O2. The quantitative estimate of drug-likeness (QED) is 0.622. The lowest BCUT2D eigenvalue weighted by Crippen LogP contribution is -2.49. The monoisotopic (exact) mass is 415 g/mol. The van der Waals surface area contributed by atoms with Crippen molar-refractivity contribution in [1.82, 2.24) is 29.4 Å². The van der Waals surface area contributed by atoms with E-state index < -0.39 is 0 Å². The Morgan fingerprint density at radius 2 is 1.77 bits per heavy atom. The average molecular weight is 416 g/mol. The van der Waals surface area contributed by atoms with Crippen molar-refractivity contribution in [2.24, 2.45) is 0 Å². The van der Waals surface area contributed by atoms with Gasteiger partial charge in [0.05, 0.1) is 0 Å². The molecule has 9 heteroatoms. The van der Waals surface area contributed by atoms with Gasteiger partial charge in [-0.15, -0.1) is 0 Å². The molecule has 1 aliphatic rings. The van der Waals surface area contributed by atoms with Crippen LogP contribution in [0.15, 0.2) is 12.4 Å². The van der Waals surface area contributed by atoms with E-state index in [0.717, 1.165) is 50.5 Å². The molecular weight excluding hydrogens is 382 g/mol. The third-order valence-electron chi connectivity index (χ3n) is 5.44. The molecule has 0 aliphatic carbocycles. The maximum absolute atomic E-state index is 12.6. The van der Waals surface area contributed by atoms with Gasteiger partial charge in [0.15, 0.2) is 0 Å². The van der Waals surface area contributed by atoms with Crippen molar-refractivity contribution >= 4 is 23.4 Å². The van der Waals surface area contributed by atoms with Crippen LogP contribution < -0.4 is 4.90 Å². The number of aryl methyl sites for hydroxylation is 1. The van der Waals surface area contributed by atoms with Crippen LogP contribution >= 0.6 is 0 Å². The van der Waals surface area contributed by atoms with Crippen LogP contribution in [0.4, 0.5) is 5.82 Å². The van der Waals surface area contributed by atoms with E-state index in [1.165, 1.54) is 6.33 Å². The van der Waals surface area contributed by atoms with E-state index in [9.17, 15) is 9.59 Å². The SMILES string of the molecule is CCCN(CCC)C(=O)CCCC(=O)N1CCN(c2cc(C)nc3ncnn23)CC1. The Hall–Kier alpha value is -2.71. The maximum Gasteiger partial charge on any atom is 0.254 e. The average Bonchev–Trinajstić information content (AvgIpc) is 3.21. The molecule has 3 rings (SSSR count). The first kappa shape index (κ1) is 22.0. The number of amides is 2. The number of hydrogen-bond donors (Lipinski definition) is 0. The van der Waals surface area contributed by atoms with E-state index in [2.05, 4.69) is 33.8 Å². The molecule has 3 heterocycles. The molecule has 0 N–H and O–H groups in total. The summed E-state index contributed by atoms with van der Waals surface area (Å²) in [7, 11) is 0. The van der Waals surface area contributed by atoms with Crippen LogP contribution in [0, 0.1) is 6.92 Å². The number of piperazine rings is 1. The summed E-state index contributed by atoms with van der Waals surface area (Å²) in [6, 6.07) is 2.00. The second kappa shape index (κ2) is 10.4. The van der Waals surface area contributed by atoms with Gasteiger partial charge in [0.2, 0.25) is 11.8 Å². The van der Waals surface area contributed by atoms with Crippen LogP contribution in [0.2, 0.25) is 0 Å². The van der Waals surface area contributed by atoms with Gasteiger partial charge in [0.25, 0.3) is 5.78 Å². The Kier molecular flexibility index (Phi) is 7.59. The lowest BCUT2D eigenvalue weighted by molar-refractivity contribution is -0.133. The third-order valence-corrected chi connectivity index (χ3v) is 5.44. The summed E-state index contributed by atoms with van der Waals surface area (Å²) in [6.07, 6.45) is 4.94. The summed E-state index contributed by atoms with van der Waals surface area (Å²) in [5.41, 5.74) is 0.897. The number of anilines is 1. The van der Waals surface area contributed by atoms with Crippen LogP contribution in [0.25, 0.3) is 5.78 Å². The predicted octanol–water partition coefficient (Wildman–Crippen LogP) is 1.90. The summed E-state index contributed by atoms with van der Waals surface area (Å²) >= 11 is 0. The molecule has 0 unspecified atom stereocenters. The van der Waals surface area contributed by atoms with Crippen LogP contribution in [-0.4, -0.2) is 80.5 Å². The van der Waals surface area contributed by atoms with Crippen molar-refractivity contribution < 1.29 is 9.59 Å². The van der Waals surface area contributed by atoms with Crippen LogP contribution in [0.3, 0.4) is 0 Å². The topological polar surface area (TPSA) is 86.9 Å². The maximum atomic E-state index is 12.6. The smallest absolute Gasteiger partial charge is 0.254 e. The largest absolute Gasteiger partial charge is 0.353 e. The van der Waals surface area contributed by atoms with Gasteiger partial charge in [0, 0.05) is 63.9 Å². The molecule has 2 aromatic rings. The number of fused-ring (bicyclic) bond motifs is 1. The highest BCUT2D eigenvalue weighted by Crippen LogP contribution is 2.18. The van der Waals surface area contributed by atoms with Crippen molar-refractivity contribution in [1.29, 1.82) is 0 Å². The second-order valence-electron chi connectivity index (χ2n) is 7.83. The minimum atomic E-state index is 0.136. The molecule has 0 aromatic carbocycles.